The van der Waals surface area contributed by atoms with E-state index < -0.39 is 0 Å². The SMILES string of the molecule is CNCCCc1ccc(-c2ccc(Br)cc2)cc1. The molecule has 2 rings (SSSR count). The molecule has 0 unspecified atom stereocenters. The van der Waals surface area contributed by atoms with Crippen LogP contribution in [-0.4, -0.2) is 13.6 Å². The first-order valence-corrected chi connectivity index (χ1v) is 7.08. The zero-order valence-electron chi connectivity index (χ0n) is 10.6. The van der Waals surface area contributed by atoms with Gasteiger partial charge in [-0.1, -0.05) is 52.3 Å². The minimum absolute atomic E-state index is 1.08. The van der Waals surface area contributed by atoms with E-state index in [1.165, 1.54) is 23.1 Å². The fourth-order valence-electron chi connectivity index (χ4n) is 1.98. The Morgan fingerprint density at radius 2 is 1.44 bits per heavy atom. The minimum atomic E-state index is 1.08. The minimum Gasteiger partial charge on any atom is -0.320 e. The van der Waals surface area contributed by atoms with Crippen LogP contribution in [0.1, 0.15) is 12.0 Å². The molecule has 94 valence electrons. The molecule has 0 bridgehead atoms. The average Bonchev–Trinajstić information content (AvgIpc) is 2.41. The maximum Gasteiger partial charge on any atom is 0.0175 e. The third-order valence-corrected chi connectivity index (χ3v) is 3.55. The molecule has 0 fully saturated rings. The van der Waals surface area contributed by atoms with Crippen molar-refractivity contribution < 1.29 is 0 Å². The molecule has 0 saturated carbocycles. The van der Waals surface area contributed by atoms with Gasteiger partial charge in [0.2, 0.25) is 0 Å². The van der Waals surface area contributed by atoms with Crippen molar-refractivity contribution in [2.24, 2.45) is 0 Å². The van der Waals surface area contributed by atoms with Gasteiger partial charge < -0.3 is 5.32 Å². The highest BCUT2D eigenvalue weighted by atomic mass is 79.9. The summed E-state index contributed by atoms with van der Waals surface area (Å²) in [7, 11) is 2.00. The van der Waals surface area contributed by atoms with Gasteiger partial charge in [0.25, 0.3) is 0 Å². The van der Waals surface area contributed by atoms with E-state index in [4.69, 9.17) is 0 Å². The summed E-state index contributed by atoms with van der Waals surface area (Å²) in [5, 5.41) is 3.18. The summed E-state index contributed by atoms with van der Waals surface area (Å²) >= 11 is 3.46. The smallest absolute Gasteiger partial charge is 0.0175 e. The van der Waals surface area contributed by atoms with Crippen molar-refractivity contribution in [3.63, 3.8) is 0 Å². The Morgan fingerprint density at radius 3 is 2.00 bits per heavy atom. The molecule has 0 saturated heterocycles. The van der Waals surface area contributed by atoms with Gasteiger partial charge in [-0.05, 0) is 55.3 Å². The van der Waals surface area contributed by atoms with Gasteiger partial charge in [-0.2, -0.15) is 0 Å². The number of hydrogen-bond donors (Lipinski definition) is 1. The fraction of sp³-hybridized carbons (Fsp3) is 0.250. The number of nitrogens with one attached hydrogen (secondary N) is 1. The van der Waals surface area contributed by atoms with E-state index in [9.17, 15) is 0 Å². The van der Waals surface area contributed by atoms with Crippen molar-refractivity contribution in [1.82, 2.24) is 5.32 Å². The molecule has 0 atom stereocenters. The number of benzene rings is 2. The first-order valence-electron chi connectivity index (χ1n) is 6.29. The molecule has 0 aromatic heterocycles. The molecule has 1 nitrogen and oxygen atoms in total. The van der Waals surface area contributed by atoms with Crippen molar-refractivity contribution >= 4 is 15.9 Å². The molecular formula is C16H18BrN. The van der Waals surface area contributed by atoms with Crippen LogP contribution in [0.3, 0.4) is 0 Å². The van der Waals surface area contributed by atoms with Crippen LogP contribution >= 0.6 is 15.9 Å². The lowest BCUT2D eigenvalue weighted by molar-refractivity contribution is 0.725. The van der Waals surface area contributed by atoms with Crippen LogP contribution in [0.15, 0.2) is 53.0 Å². The molecule has 0 amide bonds. The number of halogens is 1. The van der Waals surface area contributed by atoms with Crippen molar-refractivity contribution in [3.05, 3.63) is 58.6 Å². The third-order valence-electron chi connectivity index (χ3n) is 3.02. The van der Waals surface area contributed by atoms with E-state index in [0.717, 1.165) is 17.4 Å². The van der Waals surface area contributed by atoms with E-state index in [2.05, 4.69) is 69.8 Å². The zero-order chi connectivity index (χ0) is 12.8. The molecule has 0 aliphatic heterocycles. The van der Waals surface area contributed by atoms with Crippen LogP contribution < -0.4 is 5.32 Å². The Bertz CT molecular complexity index is 473. The summed E-state index contributed by atoms with van der Waals surface area (Å²) < 4.78 is 1.12. The second-order valence-corrected chi connectivity index (χ2v) is 5.33. The molecule has 2 aromatic rings. The maximum atomic E-state index is 3.46. The van der Waals surface area contributed by atoms with Crippen molar-refractivity contribution in [3.8, 4) is 11.1 Å². The zero-order valence-corrected chi connectivity index (χ0v) is 12.2. The molecule has 0 spiro atoms. The highest BCUT2D eigenvalue weighted by Gasteiger charge is 1.98. The summed E-state index contributed by atoms with van der Waals surface area (Å²) in [5.74, 6) is 0. The van der Waals surface area contributed by atoms with E-state index in [1.807, 2.05) is 7.05 Å². The number of hydrogen-bond acceptors (Lipinski definition) is 1. The lowest BCUT2D eigenvalue weighted by Gasteiger charge is -2.05. The van der Waals surface area contributed by atoms with Gasteiger partial charge >= 0.3 is 0 Å². The first kappa shape index (κ1) is 13.3. The fourth-order valence-corrected chi connectivity index (χ4v) is 2.24. The molecule has 18 heavy (non-hydrogen) atoms. The molecule has 0 heterocycles. The Kier molecular flexibility index (Phi) is 4.97. The summed E-state index contributed by atoms with van der Waals surface area (Å²) in [6, 6.07) is 17.3. The molecule has 0 radical (unpaired) electrons. The van der Waals surface area contributed by atoms with Gasteiger partial charge in [0.15, 0.2) is 0 Å². The van der Waals surface area contributed by atoms with Crippen LogP contribution in [0, 0.1) is 0 Å². The third kappa shape index (κ3) is 3.69. The maximum absolute atomic E-state index is 3.46. The van der Waals surface area contributed by atoms with Crippen molar-refractivity contribution in [1.29, 1.82) is 0 Å². The second-order valence-electron chi connectivity index (χ2n) is 4.41. The predicted molar refractivity (Wildman–Crippen MR) is 81.8 cm³/mol. The standard InChI is InChI=1S/C16H18BrN/c1-18-12-2-3-13-4-6-14(7-5-13)15-8-10-16(17)11-9-15/h4-11,18H,2-3,12H2,1H3. The van der Waals surface area contributed by atoms with Crippen LogP contribution in [0.4, 0.5) is 0 Å². The van der Waals surface area contributed by atoms with E-state index in [1.54, 1.807) is 0 Å². The lowest BCUT2D eigenvalue weighted by atomic mass is 10.0. The largest absolute Gasteiger partial charge is 0.320 e. The normalized spacial score (nSPS) is 10.6. The molecule has 0 aliphatic carbocycles. The Morgan fingerprint density at radius 1 is 0.889 bits per heavy atom. The van der Waals surface area contributed by atoms with Gasteiger partial charge in [0.1, 0.15) is 0 Å². The Hall–Kier alpha value is -1.12. The summed E-state index contributed by atoms with van der Waals surface area (Å²) in [4.78, 5) is 0. The predicted octanol–water partition coefficient (Wildman–Crippen LogP) is 4.27. The van der Waals surface area contributed by atoms with Gasteiger partial charge in [-0.3, -0.25) is 0 Å². The molecule has 2 heteroatoms. The van der Waals surface area contributed by atoms with Gasteiger partial charge in [0.05, 0.1) is 0 Å². The molecule has 1 N–H and O–H groups in total. The summed E-state index contributed by atoms with van der Waals surface area (Å²) in [5.41, 5.74) is 3.95. The van der Waals surface area contributed by atoms with E-state index >= 15 is 0 Å². The second kappa shape index (κ2) is 6.72. The van der Waals surface area contributed by atoms with Gasteiger partial charge in [0, 0.05) is 4.47 Å². The highest BCUT2D eigenvalue weighted by Crippen LogP contribution is 2.22. The van der Waals surface area contributed by atoms with Crippen molar-refractivity contribution in [2.75, 3.05) is 13.6 Å². The van der Waals surface area contributed by atoms with Crippen LogP contribution in [0.2, 0.25) is 0 Å². The average molecular weight is 304 g/mol. The molecule has 0 aliphatic rings. The summed E-state index contributed by atoms with van der Waals surface area (Å²) in [6.07, 6.45) is 2.33. The van der Waals surface area contributed by atoms with Crippen LogP contribution in [0.25, 0.3) is 11.1 Å². The monoisotopic (exact) mass is 303 g/mol. The Labute approximate surface area is 117 Å². The van der Waals surface area contributed by atoms with Gasteiger partial charge in [-0.15, -0.1) is 0 Å². The first-order chi connectivity index (χ1) is 8.79. The van der Waals surface area contributed by atoms with Crippen LogP contribution in [0.5, 0.6) is 0 Å². The highest BCUT2D eigenvalue weighted by molar-refractivity contribution is 9.10. The Balaban J connectivity index is 2.05. The quantitative estimate of drug-likeness (QED) is 0.814. The van der Waals surface area contributed by atoms with Crippen molar-refractivity contribution in [2.45, 2.75) is 12.8 Å². The van der Waals surface area contributed by atoms with E-state index in [0.29, 0.717) is 0 Å². The lowest BCUT2D eigenvalue weighted by Crippen LogP contribution is -2.08. The van der Waals surface area contributed by atoms with Crippen LogP contribution in [-0.2, 0) is 6.42 Å². The number of rotatable bonds is 5. The van der Waals surface area contributed by atoms with Gasteiger partial charge in [-0.25, -0.2) is 0 Å². The molecular weight excluding hydrogens is 286 g/mol. The number of aryl methyl sites for hydroxylation is 1. The van der Waals surface area contributed by atoms with E-state index in [-0.39, 0.29) is 0 Å². The topological polar surface area (TPSA) is 12.0 Å². The molecule has 2 aromatic carbocycles. The summed E-state index contributed by atoms with van der Waals surface area (Å²) in [6.45, 7) is 1.08.